The lowest BCUT2D eigenvalue weighted by molar-refractivity contribution is -0.204. The van der Waals surface area contributed by atoms with Crippen LogP contribution in [0, 0.1) is 0 Å². The second-order valence-corrected chi connectivity index (χ2v) is 1.52. The van der Waals surface area contributed by atoms with E-state index in [0.29, 0.717) is 13.2 Å². The summed E-state index contributed by atoms with van der Waals surface area (Å²) in [6.07, 6.45) is -2.33. The molecule has 0 bridgehead atoms. The molecule has 0 aromatic heterocycles. The first kappa shape index (κ1) is 5.97. The van der Waals surface area contributed by atoms with Crippen molar-refractivity contribution in [3.63, 3.8) is 0 Å². The summed E-state index contributed by atoms with van der Waals surface area (Å²) in [7, 11) is 0. The van der Waals surface area contributed by atoms with Crippen LogP contribution in [0.4, 0.5) is 0 Å². The summed E-state index contributed by atoms with van der Waals surface area (Å²) in [5.41, 5.74) is 0. The molecule has 1 saturated heterocycles. The summed E-state index contributed by atoms with van der Waals surface area (Å²) in [4.78, 5) is 0. The number of rotatable bonds is 1. The maximum absolute atomic E-state index is 8.36. The van der Waals surface area contributed by atoms with E-state index in [1.165, 1.54) is 0 Å². The SMILES string of the molecule is OC(O)C1OCCO1. The molecule has 0 amide bonds. The van der Waals surface area contributed by atoms with E-state index < -0.39 is 12.6 Å². The third kappa shape index (κ3) is 1.16. The normalized spacial score (nSPS) is 22.9. The lowest BCUT2D eigenvalue weighted by Gasteiger charge is -2.08. The summed E-state index contributed by atoms with van der Waals surface area (Å²) in [5.74, 6) is 0. The summed E-state index contributed by atoms with van der Waals surface area (Å²) in [6, 6.07) is 0. The minimum absolute atomic E-state index is 0.447. The van der Waals surface area contributed by atoms with Crippen LogP contribution in [0.1, 0.15) is 0 Å². The van der Waals surface area contributed by atoms with Crippen molar-refractivity contribution < 1.29 is 19.7 Å². The summed E-state index contributed by atoms with van der Waals surface area (Å²) in [6.45, 7) is 0.893. The second kappa shape index (κ2) is 2.41. The number of aliphatic hydroxyl groups excluding tert-OH is 1. The van der Waals surface area contributed by atoms with Crippen LogP contribution in [0.25, 0.3) is 0 Å². The molecule has 48 valence electrons. The van der Waals surface area contributed by atoms with E-state index in [9.17, 15) is 0 Å². The van der Waals surface area contributed by atoms with Crippen LogP contribution in [0.5, 0.6) is 0 Å². The van der Waals surface area contributed by atoms with Gasteiger partial charge in [0.25, 0.3) is 0 Å². The van der Waals surface area contributed by atoms with Gasteiger partial charge in [-0.25, -0.2) is 0 Å². The van der Waals surface area contributed by atoms with Gasteiger partial charge in [-0.3, -0.25) is 0 Å². The Balaban J connectivity index is 2.24. The third-order valence-corrected chi connectivity index (χ3v) is 0.891. The van der Waals surface area contributed by atoms with Crippen LogP contribution in [0.15, 0.2) is 0 Å². The zero-order chi connectivity index (χ0) is 5.98. The van der Waals surface area contributed by atoms with Crippen molar-refractivity contribution in [3.05, 3.63) is 0 Å². The Labute approximate surface area is 46.6 Å². The largest absolute Gasteiger partial charge is 0.364 e. The molecule has 1 aliphatic rings. The summed E-state index contributed by atoms with van der Waals surface area (Å²) in [5, 5.41) is 16.7. The highest BCUT2D eigenvalue weighted by Crippen LogP contribution is 2.05. The molecule has 0 aromatic carbocycles. The molecule has 0 aromatic rings. The van der Waals surface area contributed by atoms with E-state index in [-0.39, 0.29) is 0 Å². The highest BCUT2D eigenvalue weighted by Gasteiger charge is 2.22. The highest BCUT2D eigenvalue weighted by atomic mass is 16.7. The first-order valence-electron chi connectivity index (χ1n) is 2.40. The fourth-order valence-corrected chi connectivity index (χ4v) is 0.549. The van der Waals surface area contributed by atoms with Gasteiger partial charge in [0, 0.05) is 0 Å². The standard InChI is InChI=1S/C4H8O4/c5-3(6)4-7-1-2-8-4/h3-6H,1-2H2. The van der Waals surface area contributed by atoms with E-state index in [0.717, 1.165) is 0 Å². The molecule has 0 spiro atoms. The van der Waals surface area contributed by atoms with Gasteiger partial charge in [-0.05, 0) is 0 Å². The van der Waals surface area contributed by atoms with Gasteiger partial charge >= 0.3 is 0 Å². The van der Waals surface area contributed by atoms with Crippen molar-refractivity contribution in [2.45, 2.75) is 12.6 Å². The Bertz CT molecular complexity index is 66.4. The van der Waals surface area contributed by atoms with E-state index in [1.54, 1.807) is 0 Å². The highest BCUT2D eigenvalue weighted by molar-refractivity contribution is 4.51. The van der Waals surface area contributed by atoms with Gasteiger partial charge in [-0.2, -0.15) is 0 Å². The van der Waals surface area contributed by atoms with Gasteiger partial charge in [-0.1, -0.05) is 0 Å². The van der Waals surface area contributed by atoms with E-state index in [4.69, 9.17) is 19.7 Å². The average Bonchev–Trinajstić information content (AvgIpc) is 2.12. The van der Waals surface area contributed by atoms with Crippen molar-refractivity contribution in [1.82, 2.24) is 0 Å². The van der Waals surface area contributed by atoms with Crippen LogP contribution >= 0.6 is 0 Å². The average molecular weight is 120 g/mol. The van der Waals surface area contributed by atoms with Crippen LogP contribution < -0.4 is 0 Å². The van der Waals surface area contributed by atoms with Crippen LogP contribution in [-0.2, 0) is 9.47 Å². The molecule has 8 heavy (non-hydrogen) atoms. The molecule has 1 fully saturated rings. The van der Waals surface area contributed by atoms with Crippen molar-refractivity contribution in [1.29, 1.82) is 0 Å². The molecule has 1 heterocycles. The monoisotopic (exact) mass is 120 g/mol. The van der Waals surface area contributed by atoms with Gasteiger partial charge in [0.1, 0.15) is 0 Å². The van der Waals surface area contributed by atoms with Crippen LogP contribution in [-0.4, -0.2) is 36.0 Å². The lowest BCUT2D eigenvalue weighted by atomic mass is 10.6. The first-order valence-corrected chi connectivity index (χ1v) is 2.40. The van der Waals surface area contributed by atoms with E-state index in [1.807, 2.05) is 0 Å². The zero-order valence-corrected chi connectivity index (χ0v) is 4.28. The summed E-state index contributed by atoms with van der Waals surface area (Å²) >= 11 is 0. The Morgan fingerprint density at radius 2 is 1.75 bits per heavy atom. The van der Waals surface area contributed by atoms with Crippen LogP contribution in [0.3, 0.4) is 0 Å². The molecule has 0 unspecified atom stereocenters. The second-order valence-electron chi connectivity index (χ2n) is 1.52. The van der Waals surface area contributed by atoms with Gasteiger partial charge in [0.2, 0.25) is 12.6 Å². The molecular weight excluding hydrogens is 112 g/mol. The molecule has 0 aliphatic carbocycles. The number of hydrogen-bond donors (Lipinski definition) is 2. The summed E-state index contributed by atoms with van der Waals surface area (Å²) < 4.78 is 9.38. The Morgan fingerprint density at radius 1 is 1.25 bits per heavy atom. The topological polar surface area (TPSA) is 58.9 Å². The van der Waals surface area contributed by atoms with Crippen molar-refractivity contribution in [3.8, 4) is 0 Å². The van der Waals surface area contributed by atoms with Gasteiger partial charge in [0.05, 0.1) is 13.2 Å². The lowest BCUT2D eigenvalue weighted by Crippen LogP contribution is -2.25. The maximum Gasteiger partial charge on any atom is 0.209 e. The van der Waals surface area contributed by atoms with Crippen molar-refractivity contribution in [2.75, 3.05) is 13.2 Å². The number of ether oxygens (including phenoxy) is 2. The van der Waals surface area contributed by atoms with Gasteiger partial charge in [0.15, 0.2) is 0 Å². The fourth-order valence-electron chi connectivity index (χ4n) is 0.549. The van der Waals surface area contributed by atoms with Gasteiger partial charge < -0.3 is 19.7 Å². The quantitative estimate of drug-likeness (QED) is 0.421. The fraction of sp³-hybridized carbons (Fsp3) is 1.00. The molecule has 0 saturated carbocycles. The Morgan fingerprint density at radius 3 is 2.00 bits per heavy atom. The van der Waals surface area contributed by atoms with Gasteiger partial charge in [-0.15, -0.1) is 0 Å². The molecule has 1 rings (SSSR count). The Hall–Kier alpha value is -0.160. The first-order chi connectivity index (χ1) is 3.80. The Kier molecular flexibility index (Phi) is 1.80. The molecular formula is C4H8O4. The van der Waals surface area contributed by atoms with Crippen LogP contribution in [0.2, 0.25) is 0 Å². The predicted octanol–water partition coefficient (Wildman–Crippen LogP) is -1.33. The number of hydrogen-bond acceptors (Lipinski definition) is 4. The molecule has 0 radical (unpaired) electrons. The third-order valence-electron chi connectivity index (χ3n) is 0.891. The van der Waals surface area contributed by atoms with E-state index >= 15 is 0 Å². The zero-order valence-electron chi connectivity index (χ0n) is 4.28. The maximum atomic E-state index is 8.36. The van der Waals surface area contributed by atoms with Crippen molar-refractivity contribution in [2.24, 2.45) is 0 Å². The molecule has 0 atom stereocenters. The predicted molar refractivity (Wildman–Crippen MR) is 23.9 cm³/mol. The minimum atomic E-state index is -1.50. The minimum Gasteiger partial charge on any atom is -0.364 e. The smallest absolute Gasteiger partial charge is 0.209 e. The number of aliphatic hydroxyl groups is 2. The molecule has 1 aliphatic heterocycles. The molecule has 4 heteroatoms. The molecule has 2 N–H and O–H groups in total. The molecule has 4 nitrogen and oxygen atoms in total. The van der Waals surface area contributed by atoms with E-state index in [2.05, 4.69) is 0 Å². The van der Waals surface area contributed by atoms with Crippen molar-refractivity contribution >= 4 is 0 Å².